The Morgan fingerprint density at radius 3 is 2.53 bits per heavy atom. The molecular formula is C16H24FNO. The predicted octanol–water partition coefficient (Wildman–Crippen LogP) is 3.70. The van der Waals surface area contributed by atoms with Crippen LogP contribution in [-0.2, 0) is 11.2 Å². The van der Waals surface area contributed by atoms with E-state index in [4.69, 9.17) is 0 Å². The van der Waals surface area contributed by atoms with Crippen LogP contribution in [0.25, 0.3) is 0 Å². The molecule has 1 aromatic carbocycles. The fraction of sp³-hybridized carbons (Fsp3) is 0.562. The van der Waals surface area contributed by atoms with Crippen molar-refractivity contribution in [2.75, 3.05) is 0 Å². The van der Waals surface area contributed by atoms with Gasteiger partial charge in [-0.1, -0.05) is 32.0 Å². The molecule has 0 aromatic heterocycles. The molecule has 1 aromatic rings. The van der Waals surface area contributed by atoms with Crippen molar-refractivity contribution in [1.29, 1.82) is 0 Å². The van der Waals surface area contributed by atoms with E-state index in [1.54, 1.807) is 18.2 Å². The van der Waals surface area contributed by atoms with Gasteiger partial charge in [-0.25, -0.2) is 4.39 Å². The van der Waals surface area contributed by atoms with Crippen molar-refractivity contribution < 1.29 is 9.18 Å². The number of halogens is 1. The van der Waals surface area contributed by atoms with Gasteiger partial charge in [0, 0.05) is 12.5 Å². The highest BCUT2D eigenvalue weighted by molar-refractivity contribution is 5.76. The maximum absolute atomic E-state index is 13.4. The molecule has 1 rings (SSSR count). The van der Waals surface area contributed by atoms with Gasteiger partial charge in [0.05, 0.1) is 0 Å². The number of hydrogen-bond donors (Lipinski definition) is 1. The van der Waals surface area contributed by atoms with Crippen LogP contribution < -0.4 is 5.32 Å². The van der Waals surface area contributed by atoms with Gasteiger partial charge in [-0.15, -0.1) is 0 Å². The third kappa shape index (κ3) is 6.37. The average Bonchev–Trinajstić information content (AvgIpc) is 2.35. The van der Waals surface area contributed by atoms with Crippen LogP contribution in [0.3, 0.4) is 0 Å². The molecule has 1 N–H and O–H groups in total. The first-order chi connectivity index (χ1) is 8.99. The highest BCUT2D eigenvalue weighted by Crippen LogP contribution is 2.10. The number of benzene rings is 1. The lowest BCUT2D eigenvalue weighted by molar-refractivity contribution is -0.121. The van der Waals surface area contributed by atoms with Gasteiger partial charge in [0.2, 0.25) is 5.91 Å². The summed E-state index contributed by atoms with van der Waals surface area (Å²) in [5.41, 5.74) is 0.604. The van der Waals surface area contributed by atoms with Crippen LogP contribution in [0.2, 0.25) is 0 Å². The minimum Gasteiger partial charge on any atom is -0.354 e. The molecular weight excluding hydrogens is 241 g/mol. The molecule has 0 bridgehead atoms. The van der Waals surface area contributed by atoms with Crippen LogP contribution in [0.15, 0.2) is 24.3 Å². The van der Waals surface area contributed by atoms with Crippen molar-refractivity contribution in [2.24, 2.45) is 5.92 Å². The third-order valence-corrected chi connectivity index (χ3v) is 3.16. The highest BCUT2D eigenvalue weighted by atomic mass is 19.1. The van der Waals surface area contributed by atoms with Crippen LogP contribution in [0.4, 0.5) is 4.39 Å². The fourth-order valence-corrected chi connectivity index (χ4v) is 1.95. The molecule has 1 amide bonds. The van der Waals surface area contributed by atoms with Crippen LogP contribution >= 0.6 is 0 Å². The summed E-state index contributed by atoms with van der Waals surface area (Å²) in [5.74, 6) is 0.417. The van der Waals surface area contributed by atoms with Gasteiger partial charge in [0.1, 0.15) is 5.82 Å². The second-order valence-electron chi connectivity index (χ2n) is 5.53. The summed E-state index contributed by atoms with van der Waals surface area (Å²) in [7, 11) is 0. The first-order valence-corrected chi connectivity index (χ1v) is 7.01. The lowest BCUT2D eigenvalue weighted by atomic mass is 10.0. The van der Waals surface area contributed by atoms with Gasteiger partial charge < -0.3 is 5.32 Å². The molecule has 0 spiro atoms. The summed E-state index contributed by atoms with van der Waals surface area (Å²) in [6, 6.07) is 6.80. The van der Waals surface area contributed by atoms with Crippen molar-refractivity contribution in [3.05, 3.63) is 35.6 Å². The molecule has 1 atom stereocenters. The monoisotopic (exact) mass is 265 g/mol. The first-order valence-electron chi connectivity index (χ1n) is 7.01. The van der Waals surface area contributed by atoms with Crippen LogP contribution in [0.1, 0.15) is 45.6 Å². The molecule has 0 fully saturated rings. The minimum atomic E-state index is -0.233. The van der Waals surface area contributed by atoms with Gasteiger partial charge in [-0.05, 0) is 43.7 Å². The molecule has 2 nitrogen and oxygen atoms in total. The number of carbonyl (C=O) groups is 1. The lowest BCUT2D eigenvalue weighted by Gasteiger charge is -2.15. The summed E-state index contributed by atoms with van der Waals surface area (Å²) in [6.07, 6.45) is 2.89. The maximum Gasteiger partial charge on any atom is 0.220 e. The molecule has 0 radical (unpaired) electrons. The molecule has 106 valence electrons. The fourth-order valence-electron chi connectivity index (χ4n) is 1.95. The van der Waals surface area contributed by atoms with E-state index in [9.17, 15) is 9.18 Å². The molecule has 0 saturated heterocycles. The number of rotatable bonds is 7. The Morgan fingerprint density at radius 1 is 1.21 bits per heavy atom. The van der Waals surface area contributed by atoms with Gasteiger partial charge in [-0.2, -0.15) is 0 Å². The molecule has 0 aliphatic carbocycles. The largest absolute Gasteiger partial charge is 0.354 e. The Morgan fingerprint density at radius 2 is 1.89 bits per heavy atom. The van der Waals surface area contributed by atoms with Crippen LogP contribution in [0.5, 0.6) is 0 Å². The Balaban J connectivity index is 2.30. The summed E-state index contributed by atoms with van der Waals surface area (Å²) >= 11 is 0. The van der Waals surface area contributed by atoms with E-state index in [0.717, 1.165) is 12.8 Å². The number of hydrogen-bond acceptors (Lipinski definition) is 1. The molecule has 3 heteroatoms. The van der Waals surface area contributed by atoms with E-state index >= 15 is 0 Å². The second kappa shape index (κ2) is 7.93. The molecule has 0 heterocycles. The Kier molecular flexibility index (Phi) is 6.54. The number of carbonyl (C=O) groups excluding carboxylic acids is 1. The Bertz CT molecular complexity index is 403. The summed E-state index contributed by atoms with van der Waals surface area (Å²) < 4.78 is 13.4. The van der Waals surface area contributed by atoms with Crippen molar-refractivity contribution in [3.8, 4) is 0 Å². The highest BCUT2D eigenvalue weighted by Gasteiger charge is 2.09. The predicted molar refractivity (Wildman–Crippen MR) is 76.4 cm³/mol. The van der Waals surface area contributed by atoms with Crippen LogP contribution in [0, 0.1) is 11.7 Å². The second-order valence-corrected chi connectivity index (χ2v) is 5.53. The standard InChI is InChI=1S/C16H24FNO/c1-12(2)8-9-13(3)18-16(19)11-10-14-6-4-5-7-15(14)17/h4-7,12-13H,8-11H2,1-3H3,(H,18,19). The zero-order valence-electron chi connectivity index (χ0n) is 12.1. The third-order valence-electron chi connectivity index (χ3n) is 3.16. The van der Waals surface area contributed by atoms with Gasteiger partial charge in [0.25, 0.3) is 0 Å². The minimum absolute atomic E-state index is 0.000454. The zero-order valence-corrected chi connectivity index (χ0v) is 12.1. The molecule has 0 aliphatic rings. The van der Waals surface area contributed by atoms with E-state index in [1.165, 1.54) is 6.07 Å². The zero-order chi connectivity index (χ0) is 14.3. The van der Waals surface area contributed by atoms with Crippen molar-refractivity contribution in [3.63, 3.8) is 0 Å². The van der Waals surface area contributed by atoms with Crippen LogP contribution in [-0.4, -0.2) is 11.9 Å². The summed E-state index contributed by atoms with van der Waals surface area (Å²) in [4.78, 5) is 11.7. The summed E-state index contributed by atoms with van der Waals surface area (Å²) in [6.45, 7) is 6.36. The number of nitrogens with one attached hydrogen (secondary N) is 1. The van der Waals surface area contributed by atoms with E-state index < -0.39 is 0 Å². The van der Waals surface area contributed by atoms with E-state index in [-0.39, 0.29) is 17.8 Å². The number of aryl methyl sites for hydroxylation is 1. The Hall–Kier alpha value is -1.38. The quantitative estimate of drug-likeness (QED) is 0.800. The average molecular weight is 265 g/mol. The van der Waals surface area contributed by atoms with Gasteiger partial charge in [0.15, 0.2) is 0 Å². The lowest BCUT2D eigenvalue weighted by Crippen LogP contribution is -2.32. The molecule has 19 heavy (non-hydrogen) atoms. The smallest absolute Gasteiger partial charge is 0.220 e. The van der Waals surface area contributed by atoms with E-state index in [2.05, 4.69) is 19.2 Å². The Labute approximate surface area is 115 Å². The van der Waals surface area contributed by atoms with E-state index in [1.807, 2.05) is 6.92 Å². The van der Waals surface area contributed by atoms with Gasteiger partial charge >= 0.3 is 0 Å². The van der Waals surface area contributed by atoms with E-state index in [0.29, 0.717) is 24.3 Å². The first kappa shape index (κ1) is 15.7. The van der Waals surface area contributed by atoms with Crippen molar-refractivity contribution >= 4 is 5.91 Å². The topological polar surface area (TPSA) is 29.1 Å². The summed E-state index contributed by atoms with van der Waals surface area (Å²) in [5, 5.41) is 2.96. The van der Waals surface area contributed by atoms with Crippen molar-refractivity contribution in [2.45, 2.75) is 52.5 Å². The maximum atomic E-state index is 13.4. The van der Waals surface area contributed by atoms with Crippen molar-refractivity contribution in [1.82, 2.24) is 5.32 Å². The SMILES string of the molecule is CC(C)CCC(C)NC(=O)CCc1ccccc1F. The molecule has 1 unspecified atom stereocenters. The molecule has 0 aliphatic heterocycles. The molecule has 0 saturated carbocycles. The number of amides is 1. The normalized spacial score (nSPS) is 12.5. The van der Waals surface area contributed by atoms with Gasteiger partial charge in [-0.3, -0.25) is 4.79 Å².